The van der Waals surface area contributed by atoms with Gasteiger partial charge < -0.3 is 20.3 Å². The summed E-state index contributed by atoms with van der Waals surface area (Å²) >= 11 is 0. The number of ether oxygens (including phenoxy) is 1. The van der Waals surface area contributed by atoms with E-state index in [2.05, 4.69) is 10.6 Å². The number of amides is 4. The van der Waals surface area contributed by atoms with Crippen molar-refractivity contribution in [2.75, 3.05) is 25.5 Å². The summed E-state index contributed by atoms with van der Waals surface area (Å²) in [5.41, 5.74) is 2.03. The third kappa shape index (κ3) is 6.12. The van der Waals surface area contributed by atoms with Gasteiger partial charge in [0.15, 0.2) is 0 Å². The molecule has 1 aliphatic rings. The van der Waals surface area contributed by atoms with E-state index in [1.54, 1.807) is 36.7 Å². The van der Waals surface area contributed by atoms with Gasteiger partial charge in [-0.15, -0.1) is 0 Å². The summed E-state index contributed by atoms with van der Waals surface area (Å²) in [4.78, 5) is 38.0. The van der Waals surface area contributed by atoms with Crippen LogP contribution in [0.4, 0.5) is 10.5 Å². The van der Waals surface area contributed by atoms with Gasteiger partial charge in [-0.3, -0.25) is 14.8 Å². The number of nitrogens with zero attached hydrogens (tertiary/aromatic N) is 1. The smallest absolute Gasteiger partial charge is 0.319 e. The first-order valence-electron chi connectivity index (χ1n) is 9.36. The molecule has 0 heterocycles. The van der Waals surface area contributed by atoms with Gasteiger partial charge in [-0.2, -0.15) is 0 Å². The van der Waals surface area contributed by atoms with E-state index in [1.807, 2.05) is 0 Å². The number of hydrogen-bond donors (Lipinski definition) is 4. The molecular weight excluding hydrogens is 364 g/mol. The molecule has 154 valence electrons. The van der Waals surface area contributed by atoms with Gasteiger partial charge >= 0.3 is 6.03 Å². The van der Waals surface area contributed by atoms with Crippen molar-refractivity contribution in [1.29, 1.82) is 0 Å². The van der Waals surface area contributed by atoms with Crippen LogP contribution < -0.4 is 20.9 Å². The predicted octanol–water partition coefficient (Wildman–Crippen LogP) is 1.73. The number of hydrogen-bond acceptors (Lipinski definition) is 5. The standard InChI is InChI=1S/C19H28N4O5/c1-13(20-19(26)21-15-9-5-6-10-16(15)28-2)18(25)23(12-17(24)22-27)11-14-7-3-4-8-14/h5-6,9-10,13-14,27H,3-4,7-8,11-12H2,1-2H3,(H,22,24)(H2,20,21,26)/t13-/m0/s1. The number of benzene rings is 1. The Morgan fingerprint density at radius 1 is 1.25 bits per heavy atom. The van der Waals surface area contributed by atoms with E-state index in [4.69, 9.17) is 9.94 Å². The van der Waals surface area contributed by atoms with Crippen molar-refractivity contribution in [3.63, 3.8) is 0 Å². The molecular formula is C19H28N4O5. The largest absolute Gasteiger partial charge is 0.495 e. The number of urea groups is 1. The number of carbonyl (C=O) groups excluding carboxylic acids is 3. The van der Waals surface area contributed by atoms with Crippen molar-refractivity contribution < 1.29 is 24.3 Å². The lowest BCUT2D eigenvalue weighted by Gasteiger charge is -2.28. The topological polar surface area (TPSA) is 120 Å². The summed E-state index contributed by atoms with van der Waals surface area (Å²) in [6.07, 6.45) is 4.21. The fourth-order valence-corrected chi connectivity index (χ4v) is 3.38. The van der Waals surface area contributed by atoms with Gasteiger partial charge in [0.05, 0.1) is 12.8 Å². The molecule has 1 atom stereocenters. The molecule has 0 spiro atoms. The van der Waals surface area contributed by atoms with E-state index in [0.29, 0.717) is 23.9 Å². The van der Waals surface area contributed by atoms with Gasteiger partial charge in [-0.25, -0.2) is 10.3 Å². The normalized spacial score (nSPS) is 14.8. The maximum Gasteiger partial charge on any atom is 0.319 e. The lowest BCUT2D eigenvalue weighted by Crippen LogP contribution is -2.51. The monoisotopic (exact) mass is 392 g/mol. The Labute approximate surface area is 164 Å². The highest BCUT2D eigenvalue weighted by Gasteiger charge is 2.27. The van der Waals surface area contributed by atoms with Gasteiger partial charge in [0, 0.05) is 6.54 Å². The van der Waals surface area contributed by atoms with Crippen LogP contribution in [0.15, 0.2) is 24.3 Å². The van der Waals surface area contributed by atoms with Crippen molar-refractivity contribution >= 4 is 23.5 Å². The zero-order valence-corrected chi connectivity index (χ0v) is 16.2. The minimum absolute atomic E-state index is 0.258. The number of methoxy groups -OCH3 is 1. The Kier molecular flexibility index (Phi) is 8.06. The average molecular weight is 392 g/mol. The van der Waals surface area contributed by atoms with E-state index in [-0.39, 0.29) is 12.5 Å². The Bertz CT molecular complexity index is 691. The van der Waals surface area contributed by atoms with Crippen molar-refractivity contribution in [3.8, 4) is 5.75 Å². The molecule has 1 aliphatic carbocycles. The molecule has 1 fully saturated rings. The Hall–Kier alpha value is -2.81. The quantitative estimate of drug-likeness (QED) is 0.397. The molecule has 9 nitrogen and oxygen atoms in total. The van der Waals surface area contributed by atoms with Gasteiger partial charge in [-0.05, 0) is 37.8 Å². The van der Waals surface area contributed by atoms with Crippen LogP contribution in [0, 0.1) is 5.92 Å². The number of carbonyl (C=O) groups is 3. The van der Waals surface area contributed by atoms with Crippen LogP contribution in [0.3, 0.4) is 0 Å². The predicted molar refractivity (Wildman–Crippen MR) is 103 cm³/mol. The van der Waals surface area contributed by atoms with Gasteiger partial charge in [0.25, 0.3) is 5.91 Å². The van der Waals surface area contributed by atoms with Gasteiger partial charge in [0.1, 0.15) is 18.3 Å². The first kappa shape index (κ1) is 21.5. The second-order valence-corrected chi connectivity index (χ2v) is 6.92. The Morgan fingerprint density at radius 3 is 2.57 bits per heavy atom. The third-order valence-corrected chi connectivity index (χ3v) is 4.80. The molecule has 1 aromatic rings. The van der Waals surface area contributed by atoms with Crippen LogP contribution >= 0.6 is 0 Å². The minimum Gasteiger partial charge on any atom is -0.495 e. The molecule has 4 amide bonds. The van der Waals surface area contributed by atoms with Crippen molar-refractivity contribution in [1.82, 2.24) is 15.7 Å². The molecule has 0 aliphatic heterocycles. The van der Waals surface area contributed by atoms with Crippen molar-refractivity contribution in [2.45, 2.75) is 38.6 Å². The molecule has 0 saturated heterocycles. The number of para-hydroxylation sites is 2. The lowest BCUT2D eigenvalue weighted by atomic mass is 10.1. The van der Waals surface area contributed by atoms with Crippen LogP contribution in [0.5, 0.6) is 5.75 Å². The molecule has 0 unspecified atom stereocenters. The summed E-state index contributed by atoms with van der Waals surface area (Å²) < 4.78 is 5.18. The first-order valence-corrected chi connectivity index (χ1v) is 9.36. The van der Waals surface area contributed by atoms with E-state index >= 15 is 0 Å². The average Bonchev–Trinajstić information content (AvgIpc) is 3.20. The number of nitrogens with one attached hydrogen (secondary N) is 3. The van der Waals surface area contributed by atoms with E-state index in [0.717, 1.165) is 25.7 Å². The van der Waals surface area contributed by atoms with Crippen LogP contribution in [0.1, 0.15) is 32.6 Å². The highest BCUT2D eigenvalue weighted by molar-refractivity contribution is 5.95. The molecule has 0 radical (unpaired) electrons. The second kappa shape index (κ2) is 10.5. The van der Waals surface area contributed by atoms with Crippen molar-refractivity contribution in [2.24, 2.45) is 5.92 Å². The van der Waals surface area contributed by atoms with E-state index < -0.39 is 18.0 Å². The number of anilines is 1. The van der Waals surface area contributed by atoms with Crippen LogP contribution in [0.25, 0.3) is 0 Å². The first-order chi connectivity index (χ1) is 13.4. The fraction of sp³-hybridized carbons (Fsp3) is 0.526. The molecule has 9 heteroatoms. The van der Waals surface area contributed by atoms with Crippen molar-refractivity contribution in [3.05, 3.63) is 24.3 Å². The van der Waals surface area contributed by atoms with Crippen LogP contribution in [0.2, 0.25) is 0 Å². The summed E-state index contributed by atoms with van der Waals surface area (Å²) in [5.74, 6) is -0.230. The van der Waals surface area contributed by atoms with E-state index in [1.165, 1.54) is 12.0 Å². The highest BCUT2D eigenvalue weighted by Crippen LogP contribution is 2.26. The molecule has 28 heavy (non-hydrogen) atoms. The molecule has 0 bridgehead atoms. The molecule has 0 aromatic heterocycles. The molecule has 4 N–H and O–H groups in total. The van der Waals surface area contributed by atoms with Crippen LogP contribution in [-0.2, 0) is 9.59 Å². The maximum atomic E-state index is 12.8. The Balaban J connectivity index is 1.97. The molecule has 2 rings (SSSR count). The summed E-state index contributed by atoms with van der Waals surface area (Å²) in [6, 6.07) is 5.52. The van der Waals surface area contributed by atoms with E-state index in [9.17, 15) is 14.4 Å². The molecule has 1 aromatic carbocycles. The summed E-state index contributed by atoms with van der Waals surface area (Å²) in [6.45, 7) is 1.72. The number of hydroxylamine groups is 1. The summed E-state index contributed by atoms with van der Waals surface area (Å²) in [7, 11) is 1.50. The summed E-state index contributed by atoms with van der Waals surface area (Å²) in [5, 5.41) is 14.0. The molecule has 1 saturated carbocycles. The third-order valence-electron chi connectivity index (χ3n) is 4.80. The number of rotatable bonds is 8. The highest BCUT2D eigenvalue weighted by atomic mass is 16.5. The Morgan fingerprint density at radius 2 is 1.93 bits per heavy atom. The van der Waals surface area contributed by atoms with Crippen LogP contribution in [-0.4, -0.2) is 54.2 Å². The zero-order chi connectivity index (χ0) is 20.5. The van der Waals surface area contributed by atoms with Gasteiger partial charge in [0.2, 0.25) is 5.91 Å². The SMILES string of the molecule is COc1ccccc1NC(=O)N[C@@H](C)C(=O)N(CC(=O)NO)CC1CCCC1. The van der Waals surface area contributed by atoms with Gasteiger partial charge in [-0.1, -0.05) is 25.0 Å². The fourth-order valence-electron chi connectivity index (χ4n) is 3.38. The second-order valence-electron chi connectivity index (χ2n) is 6.92. The lowest BCUT2D eigenvalue weighted by molar-refractivity contribution is -0.140. The minimum atomic E-state index is -0.845. The zero-order valence-electron chi connectivity index (χ0n) is 16.2. The maximum absolute atomic E-state index is 12.8.